The summed E-state index contributed by atoms with van der Waals surface area (Å²) in [6.45, 7) is 5.67. The normalized spacial score (nSPS) is 25.1. The number of piperazine rings is 1. The number of anilines is 2. The van der Waals surface area contributed by atoms with Crippen LogP contribution in [0.5, 0.6) is 6.01 Å². The monoisotopic (exact) mass is 675 g/mol. The first-order chi connectivity index (χ1) is 22.3. The van der Waals surface area contributed by atoms with Crippen LogP contribution in [0.25, 0.3) is 32.1 Å². The predicted molar refractivity (Wildman–Crippen MR) is 167 cm³/mol. The Kier molecular flexibility index (Phi) is 7.68. The van der Waals surface area contributed by atoms with Crippen LogP contribution in [0.3, 0.4) is 0 Å². The lowest BCUT2D eigenvalue weighted by Crippen LogP contribution is -2.54. The Morgan fingerprint density at radius 2 is 2.00 bits per heavy atom. The van der Waals surface area contributed by atoms with Gasteiger partial charge in [-0.05, 0) is 50.9 Å². The van der Waals surface area contributed by atoms with Crippen LogP contribution < -0.4 is 20.7 Å². The fraction of sp³-hybridized carbons (Fsp3) is 0.469. The minimum atomic E-state index is -5.06. The molecule has 0 bridgehead atoms. The average Bonchev–Trinajstić information content (AvgIpc) is 3.66. The number of halogens is 6. The molecule has 3 N–H and O–H groups in total. The molecule has 4 atom stereocenters. The number of nitrogens with two attached hydrogens (primary N) is 1. The van der Waals surface area contributed by atoms with Crippen LogP contribution in [-0.2, 0) is 6.18 Å². The Balaban J connectivity index is 1.47. The number of aromatic nitrogens is 2. The van der Waals surface area contributed by atoms with Crippen molar-refractivity contribution in [3.8, 4) is 23.2 Å². The quantitative estimate of drug-likeness (QED) is 0.234. The smallest absolute Gasteiger partial charge is 0.417 e. The largest absolute Gasteiger partial charge is 0.461 e. The van der Waals surface area contributed by atoms with Crippen LogP contribution in [0.2, 0.25) is 0 Å². The minimum absolute atomic E-state index is 0.0271. The lowest BCUT2D eigenvalue weighted by atomic mass is 9.92. The van der Waals surface area contributed by atoms with Crippen molar-refractivity contribution >= 4 is 43.1 Å². The third kappa shape index (κ3) is 5.21. The van der Waals surface area contributed by atoms with E-state index in [0.717, 1.165) is 24.6 Å². The average molecular weight is 676 g/mol. The van der Waals surface area contributed by atoms with Crippen LogP contribution in [0.15, 0.2) is 18.2 Å². The second-order valence-electron chi connectivity index (χ2n) is 12.8. The number of nitrogens with zero attached hydrogens (tertiary/aromatic N) is 5. The fourth-order valence-electron chi connectivity index (χ4n) is 7.43. The summed E-state index contributed by atoms with van der Waals surface area (Å²) in [5.74, 6) is -2.06. The summed E-state index contributed by atoms with van der Waals surface area (Å²) >= 11 is 0.699. The van der Waals surface area contributed by atoms with Gasteiger partial charge in [-0.15, -0.1) is 11.3 Å². The molecule has 248 valence electrons. The predicted octanol–water partition coefficient (Wildman–Crippen LogP) is 6.40. The molecule has 0 saturated carbocycles. The maximum Gasteiger partial charge on any atom is 0.417 e. The molecule has 2 aromatic carbocycles. The van der Waals surface area contributed by atoms with Gasteiger partial charge in [0.2, 0.25) is 0 Å². The molecule has 0 aliphatic carbocycles. The van der Waals surface area contributed by atoms with Crippen LogP contribution >= 0.6 is 11.3 Å². The first-order valence-electron chi connectivity index (χ1n) is 15.4. The Morgan fingerprint density at radius 3 is 2.74 bits per heavy atom. The zero-order valence-electron chi connectivity index (χ0n) is 25.5. The third-order valence-corrected chi connectivity index (χ3v) is 10.7. The second-order valence-corrected chi connectivity index (χ2v) is 13.8. The van der Waals surface area contributed by atoms with E-state index in [1.165, 1.54) is 0 Å². The highest BCUT2D eigenvalue weighted by atomic mass is 32.1. The number of benzene rings is 2. The molecule has 2 aromatic heterocycles. The Bertz CT molecular complexity index is 1940. The van der Waals surface area contributed by atoms with E-state index in [2.05, 4.69) is 15.3 Å². The standard InChI is InChI=1S/C32H31F6N7OS/c1-15-12-45(16(2)11-41-15)29-19-8-21(32(36,37)38)24(18-4-5-22(34)27-23(18)20(10-39)28(40)47-27)25(35)26(19)42-30(43-29)46-14-31-6-3-7-44(31)13-17(33)9-31/h4-5,8,15-17,41H,3,6-7,9,11-14,40H2,1-2H3/t15-,16+,17-,31+/m1/s1. The maximum atomic E-state index is 17.0. The zero-order chi connectivity index (χ0) is 33.4. The van der Waals surface area contributed by atoms with Crippen molar-refractivity contribution in [1.29, 1.82) is 5.26 Å². The number of thiophene rings is 1. The van der Waals surface area contributed by atoms with Crippen LogP contribution in [0.1, 0.15) is 44.2 Å². The summed E-state index contributed by atoms with van der Waals surface area (Å²) in [6.07, 6.45) is -4.27. The molecule has 7 rings (SSSR count). The highest BCUT2D eigenvalue weighted by Crippen LogP contribution is 2.48. The van der Waals surface area contributed by atoms with Gasteiger partial charge in [0.05, 0.1) is 21.4 Å². The van der Waals surface area contributed by atoms with Gasteiger partial charge in [-0.25, -0.2) is 13.2 Å². The van der Waals surface area contributed by atoms with Crippen molar-refractivity contribution in [2.24, 2.45) is 0 Å². The van der Waals surface area contributed by atoms with E-state index < -0.39 is 46.2 Å². The molecular formula is C32H31F6N7OS. The van der Waals surface area contributed by atoms with Gasteiger partial charge in [0, 0.05) is 54.5 Å². The number of hydrogen-bond donors (Lipinski definition) is 2. The molecule has 0 radical (unpaired) electrons. The van der Waals surface area contributed by atoms with Crippen molar-refractivity contribution in [1.82, 2.24) is 20.2 Å². The number of rotatable bonds is 5. The SMILES string of the molecule is C[C@@H]1CN(c2nc(OC[C@@]34CCCN3C[C@H](F)C4)nc3c(F)c(-c4ccc(F)c5sc(N)c(C#N)c45)c(C(F)(F)F)cc23)[C@@H](C)CN1. The third-order valence-electron chi connectivity index (χ3n) is 9.66. The second kappa shape index (κ2) is 11.4. The van der Waals surface area contributed by atoms with Gasteiger partial charge in [0.25, 0.3) is 0 Å². The molecule has 0 spiro atoms. The number of nitrogens with one attached hydrogen (secondary N) is 1. The number of nitrogen functional groups attached to an aromatic ring is 1. The fourth-order valence-corrected chi connectivity index (χ4v) is 8.38. The van der Waals surface area contributed by atoms with Gasteiger partial charge < -0.3 is 20.7 Å². The molecule has 15 heteroatoms. The zero-order valence-corrected chi connectivity index (χ0v) is 26.3. The van der Waals surface area contributed by atoms with Crippen molar-refractivity contribution in [2.45, 2.75) is 63.1 Å². The van der Waals surface area contributed by atoms with Crippen molar-refractivity contribution in [3.05, 3.63) is 41.0 Å². The van der Waals surface area contributed by atoms with E-state index >= 15 is 4.39 Å². The van der Waals surface area contributed by atoms with E-state index in [0.29, 0.717) is 37.4 Å². The van der Waals surface area contributed by atoms with Crippen molar-refractivity contribution in [2.75, 3.05) is 43.4 Å². The number of nitriles is 1. The highest BCUT2D eigenvalue weighted by molar-refractivity contribution is 7.23. The Morgan fingerprint density at radius 1 is 1.21 bits per heavy atom. The summed E-state index contributed by atoms with van der Waals surface area (Å²) in [6, 6.07) is 4.05. The van der Waals surface area contributed by atoms with E-state index in [4.69, 9.17) is 10.5 Å². The van der Waals surface area contributed by atoms with Crippen LogP contribution in [0.4, 0.5) is 37.2 Å². The summed E-state index contributed by atoms with van der Waals surface area (Å²) < 4.78 is 96.9. The van der Waals surface area contributed by atoms with Crippen molar-refractivity contribution in [3.63, 3.8) is 0 Å². The topological polar surface area (TPSA) is 103 Å². The molecular weight excluding hydrogens is 644 g/mol. The van der Waals surface area contributed by atoms with E-state index in [-0.39, 0.29) is 75.1 Å². The maximum absolute atomic E-state index is 17.0. The van der Waals surface area contributed by atoms with Gasteiger partial charge in [0.1, 0.15) is 41.0 Å². The Hall–Kier alpha value is -3.87. The first-order valence-corrected chi connectivity index (χ1v) is 16.2. The van der Waals surface area contributed by atoms with Crippen LogP contribution in [-0.4, -0.2) is 71.4 Å². The Labute approximate surface area is 270 Å². The molecule has 3 fully saturated rings. The van der Waals surface area contributed by atoms with E-state index in [1.807, 2.05) is 24.8 Å². The summed E-state index contributed by atoms with van der Waals surface area (Å²) in [5, 5.41) is 12.6. The number of fused-ring (bicyclic) bond motifs is 3. The molecule has 0 amide bonds. The van der Waals surface area contributed by atoms with E-state index in [1.54, 1.807) is 4.90 Å². The van der Waals surface area contributed by atoms with Crippen molar-refractivity contribution < 1.29 is 31.1 Å². The summed E-state index contributed by atoms with van der Waals surface area (Å²) in [5.41, 5.74) is 2.13. The first kappa shape index (κ1) is 31.7. The van der Waals surface area contributed by atoms with Gasteiger partial charge >= 0.3 is 12.2 Å². The lowest BCUT2D eigenvalue weighted by Gasteiger charge is -2.39. The summed E-state index contributed by atoms with van der Waals surface area (Å²) in [7, 11) is 0. The highest BCUT2D eigenvalue weighted by Gasteiger charge is 2.49. The van der Waals surface area contributed by atoms with Crippen LogP contribution in [0, 0.1) is 23.0 Å². The molecule has 47 heavy (non-hydrogen) atoms. The van der Waals surface area contributed by atoms with Gasteiger partial charge in [0.15, 0.2) is 5.82 Å². The number of ether oxygens (including phenoxy) is 1. The summed E-state index contributed by atoms with van der Waals surface area (Å²) in [4.78, 5) is 12.7. The van der Waals surface area contributed by atoms with E-state index in [9.17, 15) is 27.2 Å². The number of hydrogen-bond acceptors (Lipinski definition) is 9. The van der Waals surface area contributed by atoms with Gasteiger partial charge in [-0.2, -0.15) is 28.4 Å². The molecule has 4 aromatic rings. The molecule has 3 aliphatic heterocycles. The molecule has 5 heterocycles. The molecule has 0 unspecified atom stereocenters. The molecule has 8 nitrogen and oxygen atoms in total. The number of alkyl halides is 4. The lowest BCUT2D eigenvalue weighted by molar-refractivity contribution is -0.137. The van der Waals surface area contributed by atoms with Gasteiger partial charge in [-0.3, -0.25) is 4.90 Å². The minimum Gasteiger partial charge on any atom is -0.461 e. The molecule has 3 aliphatic rings. The molecule has 3 saturated heterocycles. The van der Waals surface area contributed by atoms with Gasteiger partial charge in [-0.1, -0.05) is 6.07 Å².